The molecule has 0 aliphatic carbocycles. The van der Waals surface area contributed by atoms with Crippen LogP contribution in [0.5, 0.6) is 0 Å². The van der Waals surface area contributed by atoms with E-state index in [4.69, 9.17) is 0 Å². The summed E-state index contributed by atoms with van der Waals surface area (Å²) in [5, 5.41) is 0. The van der Waals surface area contributed by atoms with Crippen LogP contribution in [-0.2, 0) is 0 Å². The van der Waals surface area contributed by atoms with E-state index in [1.165, 1.54) is 11.1 Å². The molecule has 0 aliphatic heterocycles. The van der Waals surface area contributed by atoms with E-state index in [0.717, 1.165) is 0 Å². The Kier molecular flexibility index (Phi) is 3.89. The van der Waals surface area contributed by atoms with Gasteiger partial charge in [0, 0.05) is 0 Å². The van der Waals surface area contributed by atoms with Crippen molar-refractivity contribution < 1.29 is 0 Å². The van der Waals surface area contributed by atoms with Crippen molar-refractivity contribution in [3.63, 3.8) is 0 Å². The first kappa shape index (κ1) is 9.31. The normalized spacial score (nSPS) is 8.10. The highest BCUT2D eigenvalue weighted by Crippen LogP contribution is 2.02. The van der Waals surface area contributed by atoms with Gasteiger partial charge in [-0.25, -0.2) is 0 Å². The van der Waals surface area contributed by atoms with Crippen LogP contribution in [-0.4, -0.2) is 0 Å². The highest BCUT2D eigenvalue weighted by molar-refractivity contribution is 7.59. The number of aryl methyl sites for hydroxylation is 1. The van der Waals surface area contributed by atoms with Crippen molar-refractivity contribution in [2.24, 2.45) is 0 Å². The molecule has 0 heterocycles. The van der Waals surface area contributed by atoms with Crippen LogP contribution in [0.3, 0.4) is 0 Å². The molecule has 0 saturated carbocycles. The van der Waals surface area contributed by atoms with Gasteiger partial charge in [-0.3, -0.25) is 0 Å². The topological polar surface area (TPSA) is 0 Å². The third-order valence-corrected chi connectivity index (χ3v) is 1.31. The maximum absolute atomic E-state index is 3.66. The van der Waals surface area contributed by atoms with E-state index in [0.29, 0.717) is 0 Å². The Morgan fingerprint density at radius 1 is 1.20 bits per heavy atom. The van der Waals surface area contributed by atoms with Gasteiger partial charge in [0.05, 0.1) is 0 Å². The molecular formula is C9H12S. The zero-order chi connectivity index (χ0) is 6.69. The van der Waals surface area contributed by atoms with Crippen LogP contribution in [0.1, 0.15) is 11.1 Å². The van der Waals surface area contributed by atoms with Gasteiger partial charge >= 0.3 is 0 Å². The van der Waals surface area contributed by atoms with Crippen LogP contribution in [0.2, 0.25) is 0 Å². The van der Waals surface area contributed by atoms with Gasteiger partial charge in [-0.15, -0.1) is 0 Å². The van der Waals surface area contributed by atoms with Crippen LogP contribution in [0.25, 0.3) is 6.08 Å². The van der Waals surface area contributed by atoms with Gasteiger partial charge < -0.3 is 0 Å². The lowest BCUT2D eigenvalue weighted by molar-refractivity contribution is 1.46. The van der Waals surface area contributed by atoms with E-state index >= 15 is 0 Å². The second-order valence-electron chi connectivity index (χ2n) is 2.11. The van der Waals surface area contributed by atoms with E-state index in [1.807, 2.05) is 6.08 Å². The quantitative estimate of drug-likeness (QED) is 0.580. The van der Waals surface area contributed by atoms with Crippen molar-refractivity contribution in [1.82, 2.24) is 0 Å². The minimum absolute atomic E-state index is 0. The Hall–Kier alpha value is -0.690. The fourth-order valence-corrected chi connectivity index (χ4v) is 0.703. The van der Waals surface area contributed by atoms with Gasteiger partial charge in [-0.2, -0.15) is 13.5 Å². The molecule has 0 nitrogen and oxygen atoms in total. The largest absolute Gasteiger partial charge is 0.197 e. The van der Waals surface area contributed by atoms with Crippen LogP contribution in [0.15, 0.2) is 30.8 Å². The molecular weight excluding hydrogens is 140 g/mol. The van der Waals surface area contributed by atoms with Crippen molar-refractivity contribution in [1.29, 1.82) is 0 Å². The van der Waals surface area contributed by atoms with E-state index in [2.05, 4.69) is 37.8 Å². The summed E-state index contributed by atoms with van der Waals surface area (Å²) in [5.41, 5.74) is 2.47. The lowest BCUT2D eigenvalue weighted by atomic mass is 10.2. The van der Waals surface area contributed by atoms with Gasteiger partial charge in [-0.05, 0) is 12.5 Å². The fraction of sp³-hybridized carbons (Fsp3) is 0.111. The van der Waals surface area contributed by atoms with Gasteiger partial charge in [-0.1, -0.05) is 42.5 Å². The third kappa shape index (κ3) is 2.28. The number of hydrogen-bond acceptors (Lipinski definition) is 0. The molecule has 0 N–H and O–H groups in total. The molecule has 0 saturated heterocycles. The van der Waals surface area contributed by atoms with E-state index in [1.54, 1.807) is 0 Å². The molecule has 0 fully saturated rings. The molecule has 54 valence electrons. The predicted molar refractivity (Wildman–Crippen MR) is 51.7 cm³/mol. The zero-order valence-electron chi connectivity index (χ0n) is 6.09. The Morgan fingerprint density at radius 2 is 1.70 bits per heavy atom. The second kappa shape index (κ2) is 4.18. The molecule has 1 aromatic rings. The number of rotatable bonds is 1. The van der Waals surface area contributed by atoms with E-state index in [9.17, 15) is 0 Å². The summed E-state index contributed by atoms with van der Waals surface area (Å²) in [5.74, 6) is 0. The van der Waals surface area contributed by atoms with Crippen LogP contribution >= 0.6 is 13.5 Å². The summed E-state index contributed by atoms with van der Waals surface area (Å²) in [7, 11) is 0. The molecule has 0 spiro atoms. The summed E-state index contributed by atoms with van der Waals surface area (Å²) >= 11 is 0. The van der Waals surface area contributed by atoms with Crippen LogP contribution in [0.4, 0.5) is 0 Å². The Morgan fingerprint density at radius 3 is 2.10 bits per heavy atom. The summed E-state index contributed by atoms with van der Waals surface area (Å²) in [4.78, 5) is 0. The van der Waals surface area contributed by atoms with Crippen molar-refractivity contribution in [2.75, 3.05) is 0 Å². The highest BCUT2D eigenvalue weighted by atomic mass is 32.1. The molecule has 0 unspecified atom stereocenters. The predicted octanol–water partition coefficient (Wildman–Crippen LogP) is 2.75. The number of hydrogen-bond donors (Lipinski definition) is 0. The maximum Gasteiger partial charge on any atom is -0.0262 e. The molecule has 0 atom stereocenters. The Balaban J connectivity index is 0.000000810. The summed E-state index contributed by atoms with van der Waals surface area (Å²) in [6.07, 6.45) is 1.85. The maximum atomic E-state index is 3.66. The molecule has 1 rings (SSSR count). The molecule has 0 aromatic heterocycles. The lowest BCUT2D eigenvalue weighted by Crippen LogP contribution is -1.71. The highest BCUT2D eigenvalue weighted by Gasteiger charge is 1.82. The van der Waals surface area contributed by atoms with E-state index < -0.39 is 0 Å². The first-order valence-electron chi connectivity index (χ1n) is 3.02. The number of benzene rings is 1. The van der Waals surface area contributed by atoms with E-state index in [-0.39, 0.29) is 13.5 Å². The smallest absolute Gasteiger partial charge is 0.0262 e. The minimum atomic E-state index is 0. The molecule has 0 amide bonds. The van der Waals surface area contributed by atoms with Crippen molar-refractivity contribution in [3.05, 3.63) is 42.0 Å². The average molecular weight is 152 g/mol. The Labute approximate surface area is 69.0 Å². The third-order valence-electron chi connectivity index (χ3n) is 1.31. The SMILES string of the molecule is C=Cc1ccc(C)cc1.S. The molecule has 1 heteroatoms. The average Bonchev–Trinajstić information content (AvgIpc) is 1.90. The Bertz CT molecular complexity index is 198. The first-order chi connectivity index (χ1) is 4.33. The fourth-order valence-electron chi connectivity index (χ4n) is 0.703. The standard InChI is InChI=1S/C9H10.H2S/c1-3-9-6-4-8(2)5-7-9;/h3-7H,1H2,2H3;1H2. The van der Waals surface area contributed by atoms with Crippen LogP contribution < -0.4 is 0 Å². The van der Waals surface area contributed by atoms with Crippen molar-refractivity contribution >= 4 is 19.6 Å². The second-order valence-corrected chi connectivity index (χ2v) is 2.11. The van der Waals surface area contributed by atoms with Gasteiger partial charge in [0.15, 0.2) is 0 Å². The molecule has 10 heavy (non-hydrogen) atoms. The monoisotopic (exact) mass is 152 g/mol. The van der Waals surface area contributed by atoms with Crippen molar-refractivity contribution in [3.8, 4) is 0 Å². The summed E-state index contributed by atoms with van der Waals surface area (Å²) < 4.78 is 0. The summed E-state index contributed by atoms with van der Waals surface area (Å²) in [6.45, 7) is 5.74. The van der Waals surface area contributed by atoms with Gasteiger partial charge in [0.1, 0.15) is 0 Å². The first-order valence-corrected chi connectivity index (χ1v) is 3.02. The molecule has 1 aromatic carbocycles. The van der Waals surface area contributed by atoms with Crippen molar-refractivity contribution in [2.45, 2.75) is 6.92 Å². The van der Waals surface area contributed by atoms with Gasteiger partial charge in [0.25, 0.3) is 0 Å². The molecule has 0 bridgehead atoms. The molecule has 0 radical (unpaired) electrons. The molecule has 0 aliphatic rings. The summed E-state index contributed by atoms with van der Waals surface area (Å²) in [6, 6.07) is 8.28. The zero-order valence-corrected chi connectivity index (χ0v) is 7.09. The lowest BCUT2D eigenvalue weighted by Gasteiger charge is -1.91. The van der Waals surface area contributed by atoms with Gasteiger partial charge in [0.2, 0.25) is 0 Å². The minimum Gasteiger partial charge on any atom is -0.197 e. The van der Waals surface area contributed by atoms with Crippen LogP contribution in [0, 0.1) is 6.92 Å².